The molecular formula is C24H24N6O5. The number of fused-ring (bicyclic) bond motifs is 2. The number of hydrogen-bond acceptors (Lipinski definition) is 9. The van der Waals surface area contributed by atoms with Gasteiger partial charge in [0.15, 0.2) is 6.61 Å². The van der Waals surface area contributed by atoms with E-state index >= 15 is 0 Å². The first-order valence-corrected chi connectivity index (χ1v) is 11.5. The van der Waals surface area contributed by atoms with E-state index in [2.05, 4.69) is 30.8 Å². The lowest BCUT2D eigenvalue weighted by Crippen LogP contribution is -2.55. The lowest BCUT2D eigenvalue weighted by Gasteiger charge is -2.45. The number of carbonyl (C=O) groups is 2. The maximum absolute atomic E-state index is 12.2. The Morgan fingerprint density at radius 1 is 1.11 bits per heavy atom. The molecule has 0 radical (unpaired) electrons. The predicted octanol–water partition coefficient (Wildman–Crippen LogP) is 2.36. The molecule has 1 aromatic heterocycles. The highest BCUT2D eigenvalue weighted by atomic mass is 16.6. The molecule has 0 saturated carbocycles. The molecule has 4 aliphatic heterocycles. The van der Waals surface area contributed by atoms with E-state index in [4.69, 9.17) is 14.2 Å². The first-order chi connectivity index (χ1) is 17.0. The Morgan fingerprint density at radius 3 is 2.83 bits per heavy atom. The molecule has 2 aromatic rings. The van der Waals surface area contributed by atoms with Crippen LogP contribution in [-0.4, -0.2) is 53.8 Å². The van der Waals surface area contributed by atoms with Crippen LogP contribution in [0.25, 0.3) is 0 Å². The Labute approximate surface area is 201 Å². The second-order valence-electron chi connectivity index (χ2n) is 8.83. The number of aromatic nitrogens is 2. The SMILES string of the molecule is Cc1cc(Oc2cc(N3CCC4(CC3)OC(=O)NC3=C4C=CCN3)ncn2)cc2c1NC(=O)CO2. The summed E-state index contributed by atoms with van der Waals surface area (Å²) in [6, 6.07) is 5.34. The minimum absolute atomic E-state index is 0.0282. The van der Waals surface area contributed by atoms with Crippen molar-refractivity contribution < 1.29 is 23.8 Å². The van der Waals surface area contributed by atoms with Crippen LogP contribution in [0.15, 0.2) is 48.1 Å². The topological polar surface area (TPSA) is 127 Å². The number of ether oxygens (including phenoxy) is 3. The van der Waals surface area contributed by atoms with Gasteiger partial charge in [-0.15, -0.1) is 0 Å². The van der Waals surface area contributed by atoms with Gasteiger partial charge in [-0.2, -0.15) is 0 Å². The fraction of sp³-hybridized carbons (Fsp3) is 0.333. The number of nitrogens with zero attached hydrogens (tertiary/aromatic N) is 3. The Bertz CT molecular complexity index is 1280. The number of dihydropyridines is 1. The summed E-state index contributed by atoms with van der Waals surface area (Å²) in [4.78, 5) is 34.6. The highest BCUT2D eigenvalue weighted by molar-refractivity contribution is 5.96. The van der Waals surface area contributed by atoms with E-state index in [-0.39, 0.29) is 12.5 Å². The average Bonchev–Trinajstić information content (AvgIpc) is 2.85. The molecule has 35 heavy (non-hydrogen) atoms. The molecule has 11 nitrogen and oxygen atoms in total. The van der Waals surface area contributed by atoms with Crippen molar-refractivity contribution in [3.05, 3.63) is 53.6 Å². The summed E-state index contributed by atoms with van der Waals surface area (Å²) in [5.41, 5.74) is 1.81. The molecule has 1 aromatic carbocycles. The van der Waals surface area contributed by atoms with Gasteiger partial charge < -0.3 is 29.7 Å². The lowest BCUT2D eigenvalue weighted by atomic mass is 9.82. The number of aryl methyl sites for hydroxylation is 1. The third kappa shape index (κ3) is 3.88. The first-order valence-electron chi connectivity index (χ1n) is 11.5. The molecule has 180 valence electrons. The maximum Gasteiger partial charge on any atom is 0.413 e. The normalized spacial score (nSPS) is 20.1. The fourth-order valence-electron chi connectivity index (χ4n) is 4.89. The summed E-state index contributed by atoms with van der Waals surface area (Å²) in [6.45, 7) is 3.83. The van der Waals surface area contributed by atoms with Crippen LogP contribution in [0.4, 0.5) is 16.3 Å². The molecule has 0 aliphatic carbocycles. The Kier molecular flexibility index (Phi) is 4.97. The molecule has 1 saturated heterocycles. The molecule has 0 atom stereocenters. The van der Waals surface area contributed by atoms with Gasteiger partial charge in [-0.3, -0.25) is 10.1 Å². The van der Waals surface area contributed by atoms with Crippen LogP contribution < -0.4 is 30.3 Å². The third-order valence-corrected chi connectivity index (χ3v) is 6.60. The van der Waals surface area contributed by atoms with Crippen molar-refractivity contribution in [2.75, 3.05) is 36.5 Å². The van der Waals surface area contributed by atoms with Crippen molar-refractivity contribution in [2.24, 2.45) is 0 Å². The number of anilines is 2. The largest absolute Gasteiger partial charge is 0.481 e. The van der Waals surface area contributed by atoms with Crippen LogP contribution in [0.3, 0.4) is 0 Å². The van der Waals surface area contributed by atoms with Crippen molar-refractivity contribution in [1.82, 2.24) is 20.6 Å². The summed E-state index contributed by atoms with van der Waals surface area (Å²) in [7, 11) is 0. The van der Waals surface area contributed by atoms with E-state index < -0.39 is 11.7 Å². The summed E-state index contributed by atoms with van der Waals surface area (Å²) in [5.74, 6) is 2.80. The molecule has 11 heteroatoms. The van der Waals surface area contributed by atoms with Gasteiger partial charge in [-0.1, -0.05) is 12.2 Å². The second-order valence-corrected chi connectivity index (χ2v) is 8.83. The lowest BCUT2D eigenvalue weighted by molar-refractivity contribution is -0.118. The van der Waals surface area contributed by atoms with Crippen molar-refractivity contribution >= 4 is 23.5 Å². The molecule has 2 amide bonds. The van der Waals surface area contributed by atoms with Gasteiger partial charge in [0.2, 0.25) is 5.88 Å². The number of hydrogen-bond donors (Lipinski definition) is 3. The molecule has 4 aliphatic rings. The van der Waals surface area contributed by atoms with Gasteiger partial charge in [0.05, 0.1) is 5.69 Å². The summed E-state index contributed by atoms with van der Waals surface area (Å²) in [5, 5.41) is 8.80. The number of amides is 2. The molecule has 6 rings (SSSR count). The number of carbonyl (C=O) groups excluding carboxylic acids is 2. The smallest absolute Gasteiger partial charge is 0.413 e. The van der Waals surface area contributed by atoms with Gasteiger partial charge in [-0.05, 0) is 18.6 Å². The first kappa shape index (κ1) is 21.3. The van der Waals surface area contributed by atoms with Crippen LogP contribution in [0.5, 0.6) is 17.4 Å². The van der Waals surface area contributed by atoms with Gasteiger partial charge in [0.25, 0.3) is 5.91 Å². The van der Waals surface area contributed by atoms with Crippen LogP contribution in [0.1, 0.15) is 18.4 Å². The summed E-state index contributed by atoms with van der Waals surface area (Å²) < 4.78 is 17.3. The van der Waals surface area contributed by atoms with Gasteiger partial charge in [0, 0.05) is 50.2 Å². The van der Waals surface area contributed by atoms with Crippen LogP contribution in [-0.2, 0) is 9.53 Å². The average molecular weight is 476 g/mol. The van der Waals surface area contributed by atoms with Crippen molar-refractivity contribution in [3.8, 4) is 17.4 Å². The molecular weight excluding hydrogens is 452 g/mol. The minimum atomic E-state index is -0.652. The summed E-state index contributed by atoms with van der Waals surface area (Å²) in [6.07, 6.45) is 6.38. The molecule has 0 bridgehead atoms. The van der Waals surface area contributed by atoms with Crippen molar-refractivity contribution in [1.29, 1.82) is 0 Å². The summed E-state index contributed by atoms with van der Waals surface area (Å²) >= 11 is 0. The van der Waals surface area contributed by atoms with E-state index in [0.29, 0.717) is 55.5 Å². The number of alkyl carbamates (subject to hydrolysis) is 1. The van der Waals surface area contributed by atoms with E-state index in [9.17, 15) is 9.59 Å². The zero-order chi connectivity index (χ0) is 24.0. The minimum Gasteiger partial charge on any atom is -0.481 e. The fourth-order valence-corrected chi connectivity index (χ4v) is 4.89. The van der Waals surface area contributed by atoms with Crippen LogP contribution in [0, 0.1) is 6.92 Å². The molecule has 1 spiro atoms. The second kappa shape index (κ2) is 8.19. The van der Waals surface area contributed by atoms with E-state index in [1.54, 1.807) is 12.1 Å². The van der Waals surface area contributed by atoms with Gasteiger partial charge in [0.1, 0.15) is 35.1 Å². The van der Waals surface area contributed by atoms with Crippen LogP contribution in [0.2, 0.25) is 0 Å². The van der Waals surface area contributed by atoms with Crippen molar-refractivity contribution in [3.63, 3.8) is 0 Å². The van der Waals surface area contributed by atoms with Gasteiger partial charge >= 0.3 is 6.09 Å². The molecule has 3 N–H and O–H groups in total. The number of benzene rings is 1. The third-order valence-electron chi connectivity index (χ3n) is 6.60. The quantitative estimate of drug-likeness (QED) is 0.612. The van der Waals surface area contributed by atoms with Gasteiger partial charge in [-0.25, -0.2) is 14.8 Å². The Balaban J connectivity index is 1.18. The highest BCUT2D eigenvalue weighted by Crippen LogP contribution is 2.40. The number of piperidine rings is 1. The Hall–Kier alpha value is -4.28. The number of nitrogens with one attached hydrogen (secondary N) is 3. The predicted molar refractivity (Wildman–Crippen MR) is 125 cm³/mol. The molecule has 1 fully saturated rings. The van der Waals surface area contributed by atoms with E-state index in [1.165, 1.54) is 6.33 Å². The zero-order valence-corrected chi connectivity index (χ0v) is 19.1. The maximum atomic E-state index is 12.2. The highest BCUT2D eigenvalue weighted by Gasteiger charge is 2.46. The Morgan fingerprint density at radius 2 is 1.97 bits per heavy atom. The molecule has 0 unspecified atom stereocenters. The van der Waals surface area contributed by atoms with Crippen LogP contribution >= 0.6 is 0 Å². The number of rotatable bonds is 3. The van der Waals surface area contributed by atoms with E-state index in [0.717, 1.165) is 22.8 Å². The standard InChI is InChI=1S/C24H24N6O5/c1-14-9-15(10-17-21(14)28-19(31)12-33-17)34-20-11-18(26-13-27-20)30-7-4-24(5-8-30)16-3-2-6-25-22(16)29-23(32)35-24/h2-3,9-11,13,25H,4-8,12H2,1H3,(H,28,31)(H,29,32). The zero-order valence-electron chi connectivity index (χ0n) is 19.1. The van der Waals surface area contributed by atoms with Crippen molar-refractivity contribution in [2.45, 2.75) is 25.4 Å². The molecule has 5 heterocycles. The monoisotopic (exact) mass is 476 g/mol. The van der Waals surface area contributed by atoms with E-state index in [1.807, 2.05) is 25.1 Å².